The standard InChI is InChI=1S/C14H16N2O4S/c1-10-5-6-12(8-13(10)14(15)17)21(18,19)16(2)9-11-4-3-7-20-11/h3-8H,9H2,1-2H3,(H2,15,17). The molecule has 0 saturated heterocycles. The van der Waals surface area contributed by atoms with Crippen LogP contribution in [0.1, 0.15) is 21.7 Å². The summed E-state index contributed by atoms with van der Waals surface area (Å²) in [6.45, 7) is 1.80. The van der Waals surface area contributed by atoms with Crippen molar-refractivity contribution in [2.24, 2.45) is 5.73 Å². The van der Waals surface area contributed by atoms with Crippen molar-refractivity contribution in [1.29, 1.82) is 0 Å². The number of furan rings is 1. The van der Waals surface area contributed by atoms with Crippen molar-refractivity contribution >= 4 is 15.9 Å². The monoisotopic (exact) mass is 308 g/mol. The molecule has 0 bridgehead atoms. The molecule has 0 saturated carbocycles. The van der Waals surface area contributed by atoms with E-state index < -0.39 is 15.9 Å². The quantitative estimate of drug-likeness (QED) is 0.906. The van der Waals surface area contributed by atoms with Gasteiger partial charge in [0.1, 0.15) is 5.76 Å². The molecule has 112 valence electrons. The Morgan fingerprint density at radius 3 is 2.62 bits per heavy atom. The average molecular weight is 308 g/mol. The molecule has 0 atom stereocenters. The number of hydrogen-bond donors (Lipinski definition) is 1. The lowest BCUT2D eigenvalue weighted by molar-refractivity contribution is 0.0999. The number of sulfonamides is 1. The zero-order valence-electron chi connectivity index (χ0n) is 11.7. The fraction of sp³-hybridized carbons (Fsp3) is 0.214. The van der Waals surface area contributed by atoms with Crippen LogP contribution in [0.2, 0.25) is 0 Å². The molecule has 1 amide bonds. The van der Waals surface area contributed by atoms with Crippen molar-refractivity contribution in [2.45, 2.75) is 18.4 Å². The maximum atomic E-state index is 12.5. The number of benzene rings is 1. The fourth-order valence-electron chi connectivity index (χ4n) is 1.91. The lowest BCUT2D eigenvalue weighted by Crippen LogP contribution is -2.27. The summed E-state index contributed by atoms with van der Waals surface area (Å²) in [7, 11) is -2.28. The summed E-state index contributed by atoms with van der Waals surface area (Å²) >= 11 is 0. The molecule has 21 heavy (non-hydrogen) atoms. The van der Waals surface area contributed by atoms with Crippen molar-refractivity contribution in [3.63, 3.8) is 0 Å². The Bertz CT molecular complexity index is 751. The number of rotatable bonds is 5. The van der Waals surface area contributed by atoms with E-state index in [1.165, 1.54) is 25.4 Å². The van der Waals surface area contributed by atoms with Crippen molar-refractivity contribution in [2.75, 3.05) is 7.05 Å². The van der Waals surface area contributed by atoms with E-state index in [4.69, 9.17) is 10.2 Å². The number of carbonyl (C=O) groups is 1. The molecule has 1 aromatic heterocycles. The van der Waals surface area contributed by atoms with Gasteiger partial charge in [-0.2, -0.15) is 4.31 Å². The zero-order valence-corrected chi connectivity index (χ0v) is 12.6. The van der Waals surface area contributed by atoms with Crippen molar-refractivity contribution in [3.8, 4) is 0 Å². The van der Waals surface area contributed by atoms with Crippen LogP contribution in [-0.4, -0.2) is 25.7 Å². The normalized spacial score (nSPS) is 11.8. The molecule has 2 rings (SSSR count). The Hall–Kier alpha value is -2.12. The second kappa shape index (κ2) is 5.71. The van der Waals surface area contributed by atoms with Gasteiger partial charge in [-0.15, -0.1) is 0 Å². The summed E-state index contributed by atoms with van der Waals surface area (Å²) in [5.41, 5.74) is 6.08. The number of carbonyl (C=O) groups excluding carboxylic acids is 1. The Balaban J connectivity index is 2.35. The first-order valence-corrected chi connectivity index (χ1v) is 7.65. The molecular formula is C14H16N2O4S. The van der Waals surface area contributed by atoms with Crippen LogP contribution in [0.15, 0.2) is 45.9 Å². The summed E-state index contributed by atoms with van der Waals surface area (Å²) in [5, 5.41) is 0. The third kappa shape index (κ3) is 3.14. The second-order valence-electron chi connectivity index (χ2n) is 4.68. The number of amides is 1. The minimum absolute atomic E-state index is 0.0240. The van der Waals surface area contributed by atoms with Gasteiger partial charge < -0.3 is 10.2 Å². The van der Waals surface area contributed by atoms with Crippen molar-refractivity contribution in [1.82, 2.24) is 4.31 Å². The average Bonchev–Trinajstić information content (AvgIpc) is 2.91. The zero-order chi connectivity index (χ0) is 15.6. The van der Waals surface area contributed by atoms with Gasteiger partial charge in [0, 0.05) is 12.6 Å². The molecule has 7 heteroatoms. The molecule has 0 aliphatic rings. The number of aryl methyl sites for hydroxylation is 1. The summed E-state index contributed by atoms with van der Waals surface area (Å²) in [6.07, 6.45) is 1.48. The van der Waals surface area contributed by atoms with Crippen molar-refractivity contribution < 1.29 is 17.6 Å². The van der Waals surface area contributed by atoms with Crippen LogP contribution in [0.25, 0.3) is 0 Å². The molecule has 0 spiro atoms. The van der Waals surface area contributed by atoms with E-state index in [0.29, 0.717) is 11.3 Å². The summed E-state index contributed by atoms with van der Waals surface area (Å²) in [6, 6.07) is 7.69. The fourth-order valence-corrected chi connectivity index (χ4v) is 3.08. The molecule has 0 radical (unpaired) electrons. The van der Waals surface area contributed by atoms with Gasteiger partial charge in [0.25, 0.3) is 0 Å². The lowest BCUT2D eigenvalue weighted by atomic mass is 10.1. The minimum Gasteiger partial charge on any atom is -0.468 e. The molecule has 2 aromatic rings. The lowest BCUT2D eigenvalue weighted by Gasteiger charge is -2.16. The summed E-state index contributed by atoms with van der Waals surface area (Å²) < 4.78 is 31.2. The second-order valence-corrected chi connectivity index (χ2v) is 6.73. The summed E-state index contributed by atoms with van der Waals surface area (Å²) in [5.74, 6) is -0.124. The Kier molecular flexibility index (Phi) is 4.15. The van der Waals surface area contributed by atoms with Crippen LogP contribution in [0.3, 0.4) is 0 Å². The van der Waals surface area contributed by atoms with Gasteiger partial charge in [0.2, 0.25) is 15.9 Å². The predicted octanol–water partition coefficient (Wildman–Crippen LogP) is 1.51. The van der Waals surface area contributed by atoms with Crippen LogP contribution in [0.5, 0.6) is 0 Å². The van der Waals surface area contributed by atoms with Crippen LogP contribution >= 0.6 is 0 Å². The molecule has 0 aliphatic carbocycles. The highest BCUT2D eigenvalue weighted by Gasteiger charge is 2.23. The third-order valence-corrected chi connectivity index (χ3v) is 4.94. The van der Waals surface area contributed by atoms with Gasteiger partial charge in [-0.3, -0.25) is 4.79 Å². The molecule has 1 aromatic carbocycles. The van der Waals surface area contributed by atoms with Crippen LogP contribution in [-0.2, 0) is 16.6 Å². The van der Waals surface area contributed by atoms with E-state index in [1.54, 1.807) is 25.1 Å². The number of nitrogens with two attached hydrogens (primary N) is 1. The SMILES string of the molecule is Cc1ccc(S(=O)(=O)N(C)Cc2ccco2)cc1C(N)=O. The van der Waals surface area contributed by atoms with Gasteiger partial charge in [0.05, 0.1) is 17.7 Å². The first kappa shape index (κ1) is 15.3. The topological polar surface area (TPSA) is 93.6 Å². The largest absolute Gasteiger partial charge is 0.468 e. The molecule has 6 nitrogen and oxygen atoms in total. The maximum Gasteiger partial charge on any atom is 0.249 e. The molecular weight excluding hydrogens is 292 g/mol. The molecule has 2 N–H and O–H groups in total. The van der Waals surface area contributed by atoms with Crippen LogP contribution in [0.4, 0.5) is 0 Å². The van der Waals surface area contributed by atoms with Gasteiger partial charge in [0.15, 0.2) is 0 Å². The number of primary amides is 1. The summed E-state index contributed by atoms with van der Waals surface area (Å²) in [4.78, 5) is 11.3. The van der Waals surface area contributed by atoms with Gasteiger partial charge in [-0.1, -0.05) is 6.07 Å². The van der Waals surface area contributed by atoms with E-state index in [-0.39, 0.29) is 17.0 Å². The van der Waals surface area contributed by atoms with E-state index in [0.717, 1.165) is 4.31 Å². The minimum atomic E-state index is -3.72. The highest BCUT2D eigenvalue weighted by Crippen LogP contribution is 2.20. The Morgan fingerprint density at radius 2 is 2.05 bits per heavy atom. The number of hydrogen-bond acceptors (Lipinski definition) is 4. The highest BCUT2D eigenvalue weighted by atomic mass is 32.2. The first-order chi connectivity index (χ1) is 9.82. The van der Waals surface area contributed by atoms with E-state index in [9.17, 15) is 13.2 Å². The maximum absolute atomic E-state index is 12.5. The van der Waals surface area contributed by atoms with Gasteiger partial charge in [-0.25, -0.2) is 8.42 Å². The van der Waals surface area contributed by atoms with E-state index in [2.05, 4.69) is 0 Å². The Morgan fingerprint density at radius 1 is 1.33 bits per heavy atom. The Labute approximate surface area is 123 Å². The smallest absolute Gasteiger partial charge is 0.249 e. The molecule has 1 heterocycles. The molecule has 0 unspecified atom stereocenters. The van der Waals surface area contributed by atoms with Crippen LogP contribution in [0, 0.1) is 6.92 Å². The van der Waals surface area contributed by atoms with Crippen LogP contribution < -0.4 is 5.73 Å². The van der Waals surface area contributed by atoms with E-state index in [1.807, 2.05) is 0 Å². The van der Waals surface area contributed by atoms with E-state index >= 15 is 0 Å². The first-order valence-electron chi connectivity index (χ1n) is 6.21. The van der Waals surface area contributed by atoms with Crippen molar-refractivity contribution in [3.05, 3.63) is 53.5 Å². The number of nitrogens with zero attached hydrogens (tertiary/aromatic N) is 1. The highest BCUT2D eigenvalue weighted by molar-refractivity contribution is 7.89. The predicted molar refractivity (Wildman–Crippen MR) is 77.1 cm³/mol. The van der Waals surface area contributed by atoms with Gasteiger partial charge in [-0.05, 0) is 36.8 Å². The third-order valence-electron chi connectivity index (χ3n) is 3.14. The van der Waals surface area contributed by atoms with Gasteiger partial charge >= 0.3 is 0 Å². The molecule has 0 fully saturated rings. The molecule has 0 aliphatic heterocycles.